The summed E-state index contributed by atoms with van der Waals surface area (Å²) < 4.78 is 5.49. The number of nitrogens with one attached hydrogen (secondary N) is 1. The third-order valence-corrected chi connectivity index (χ3v) is 16.4. The summed E-state index contributed by atoms with van der Waals surface area (Å²) in [5.41, 5.74) is 0. The Labute approximate surface area is 487 Å². The molecule has 6 nitrogen and oxygen atoms in total. The van der Waals surface area contributed by atoms with Gasteiger partial charge >= 0.3 is 5.97 Å². The molecule has 0 aliphatic carbocycles. The zero-order valence-electron chi connectivity index (χ0n) is 52.7. The molecule has 0 fully saturated rings. The van der Waals surface area contributed by atoms with Crippen LogP contribution in [0.3, 0.4) is 0 Å². The van der Waals surface area contributed by atoms with E-state index in [1.807, 2.05) is 6.08 Å². The first-order valence-electron chi connectivity index (χ1n) is 35.3. The molecule has 0 aromatic carbocycles. The minimum Gasteiger partial charge on any atom is -0.466 e. The number of aliphatic hydroxyl groups excluding tert-OH is 2. The van der Waals surface area contributed by atoms with Crippen molar-refractivity contribution in [2.75, 3.05) is 13.2 Å². The van der Waals surface area contributed by atoms with E-state index >= 15 is 0 Å². The summed E-state index contributed by atoms with van der Waals surface area (Å²) >= 11 is 0. The number of allylic oxidation sites excluding steroid dienone is 5. The Morgan fingerprint density at radius 3 is 0.987 bits per heavy atom. The molecule has 0 radical (unpaired) electrons. The van der Waals surface area contributed by atoms with Crippen LogP contribution in [0, 0.1) is 0 Å². The molecule has 0 bridgehead atoms. The molecular formula is C72H137NO5. The topological polar surface area (TPSA) is 95.9 Å². The SMILES string of the molecule is CCCCCC/C=C\C/C=C\CCCCCCCC(=O)OCCCCCCCCCCCCCCCCCCCCCCCCCCCCCCCCCCC(=O)NC(CO)C(O)/C=C/CCCCCCCCCCCCC. The second kappa shape index (κ2) is 67.6. The van der Waals surface area contributed by atoms with E-state index < -0.39 is 12.1 Å². The maximum absolute atomic E-state index is 12.5. The number of hydrogen-bond donors (Lipinski definition) is 3. The summed E-state index contributed by atoms with van der Waals surface area (Å²) in [6.07, 6.45) is 86.6. The minimum atomic E-state index is -0.840. The van der Waals surface area contributed by atoms with Gasteiger partial charge in [0.05, 0.1) is 25.4 Å². The van der Waals surface area contributed by atoms with E-state index in [4.69, 9.17) is 4.74 Å². The Kier molecular flexibility index (Phi) is 65.9. The molecule has 460 valence electrons. The lowest BCUT2D eigenvalue weighted by Gasteiger charge is -2.20. The molecule has 2 unspecified atom stereocenters. The van der Waals surface area contributed by atoms with Crippen molar-refractivity contribution >= 4 is 11.9 Å². The molecule has 1 amide bonds. The zero-order valence-corrected chi connectivity index (χ0v) is 52.7. The van der Waals surface area contributed by atoms with E-state index in [1.54, 1.807) is 6.08 Å². The number of carbonyl (C=O) groups excluding carboxylic acids is 2. The first kappa shape index (κ1) is 76.1. The van der Waals surface area contributed by atoms with E-state index in [-0.39, 0.29) is 18.5 Å². The number of amides is 1. The molecule has 2 atom stereocenters. The van der Waals surface area contributed by atoms with E-state index in [0.29, 0.717) is 19.4 Å². The Bertz CT molecular complexity index is 1260. The van der Waals surface area contributed by atoms with Crippen molar-refractivity contribution in [3.05, 3.63) is 36.5 Å². The normalized spacial score (nSPS) is 12.7. The first-order valence-corrected chi connectivity index (χ1v) is 35.3. The van der Waals surface area contributed by atoms with Crippen LogP contribution in [0.1, 0.15) is 386 Å². The van der Waals surface area contributed by atoms with Crippen LogP contribution < -0.4 is 5.32 Å². The molecule has 0 saturated carbocycles. The molecule has 0 aromatic rings. The monoisotopic (exact) mass is 1100 g/mol. The number of carbonyl (C=O) groups is 2. The van der Waals surface area contributed by atoms with Gasteiger partial charge in [-0.15, -0.1) is 0 Å². The number of ether oxygens (including phenoxy) is 1. The third kappa shape index (κ3) is 63.3. The molecule has 3 N–H and O–H groups in total. The van der Waals surface area contributed by atoms with Crippen LogP contribution in [-0.2, 0) is 14.3 Å². The van der Waals surface area contributed by atoms with Gasteiger partial charge in [-0.1, -0.05) is 346 Å². The summed E-state index contributed by atoms with van der Waals surface area (Å²) in [4.78, 5) is 24.5. The lowest BCUT2D eigenvalue weighted by atomic mass is 10.0. The summed E-state index contributed by atoms with van der Waals surface area (Å²) in [6.45, 7) is 4.90. The quantitative estimate of drug-likeness (QED) is 0.0320. The zero-order chi connectivity index (χ0) is 56.4. The van der Waals surface area contributed by atoms with Crippen molar-refractivity contribution in [2.45, 2.75) is 398 Å². The molecule has 78 heavy (non-hydrogen) atoms. The molecule has 6 heteroatoms. The van der Waals surface area contributed by atoms with Crippen molar-refractivity contribution in [3.8, 4) is 0 Å². The number of aliphatic hydroxyl groups is 2. The van der Waals surface area contributed by atoms with Crippen LogP contribution >= 0.6 is 0 Å². The molecule has 0 rings (SSSR count). The van der Waals surface area contributed by atoms with Crippen molar-refractivity contribution in [3.63, 3.8) is 0 Å². The predicted octanol–water partition coefficient (Wildman–Crippen LogP) is 22.7. The van der Waals surface area contributed by atoms with Gasteiger partial charge in [0.2, 0.25) is 5.91 Å². The molecule has 0 aromatic heterocycles. The van der Waals surface area contributed by atoms with Crippen LogP contribution in [0.5, 0.6) is 0 Å². The lowest BCUT2D eigenvalue weighted by Crippen LogP contribution is -2.45. The van der Waals surface area contributed by atoms with Crippen LogP contribution in [-0.4, -0.2) is 47.4 Å². The average molecular weight is 1100 g/mol. The van der Waals surface area contributed by atoms with Crippen LogP contribution in [0.2, 0.25) is 0 Å². The smallest absolute Gasteiger partial charge is 0.305 e. The van der Waals surface area contributed by atoms with Gasteiger partial charge in [-0.2, -0.15) is 0 Å². The van der Waals surface area contributed by atoms with Gasteiger partial charge in [0.15, 0.2) is 0 Å². The number of unbranched alkanes of at least 4 members (excludes halogenated alkanes) is 51. The second-order valence-corrected chi connectivity index (χ2v) is 24.2. The largest absolute Gasteiger partial charge is 0.466 e. The summed E-state index contributed by atoms with van der Waals surface area (Å²) in [7, 11) is 0. The molecule has 0 aliphatic heterocycles. The van der Waals surface area contributed by atoms with Crippen molar-refractivity contribution in [1.82, 2.24) is 5.32 Å². The van der Waals surface area contributed by atoms with Gasteiger partial charge in [0, 0.05) is 12.8 Å². The maximum Gasteiger partial charge on any atom is 0.305 e. The highest BCUT2D eigenvalue weighted by atomic mass is 16.5. The molecular weight excluding hydrogens is 959 g/mol. The molecule has 0 heterocycles. The van der Waals surface area contributed by atoms with E-state index in [0.717, 1.165) is 51.4 Å². The van der Waals surface area contributed by atoms with E-state index in [1.165, 1.54) is 308 Å². The Hall–Kier alpha value is -1.92. The third-order valence-electron chi connectivity index (χ3n) is 16.4. The summed E-state index contributed by atoms with van der Waals surface area (Å²) in [5, 5.41) is 23.1. The highest BCUT2D eigenvalue weighted by Gasteiger charge is 2.18. The second-order valence-electron chi connectivity index (χ2n) is 24.2. The van der Waals surface area contributed by atoms with Gasteiger partial charge in [-0.25, -0.2) is 0 Å². The van der Waals surface area contributed by atoms with Crippen molar-refractivity contribution in [2.24, 2.45) is 0 Å². The maximum atomic E-state index is 12.5. The highest BCUT2D eigenvalue weighted by molar-refractivity contribution is 5.76. The van der Waals surface area contributed by atoms with Crippen LogP contribution in [0.15, 0.2) is 36.5 Å². The fraction of sp³-hybridized carbons (Fsp3) is 0.889. The molecule has 0 saturated heterocycles. The Morgan fingerprint density at radius 1 is 0.359 bits per heavy atom. The summed E-state index contributed by atoms with van der Waals surface area (Å²) in [5.74, 6) is -0.0546. The number of hydrogen-bond acceptors (Lipinski definition) is 5. The van der Waals surface area contributed by atoms with Gasteiger partial charge in [0.25, 0.3) is 0 Å². The average Bonchev–Trinajstić information content (AvgIpc) is 3.44. The first-order chi connectivity index (χ1) is 38.5. The fourth-order valence-electron chi connectivity index (χ4n) is 11.0. The van der Waals surface area contributed by atoms with Crippen molar-refractivity contribution < 1.29 is 24.5 Å². The van der Waals surface area contributed by atoms with Crippen LogP contribution in [0.25, 0.3) is 0 Å². The minimum absolute atomic E-state index is 0.00768. The Morgan fingerprint density at radius 2 is 0.641 bits per heavy atom. The predicted molar refractivity (Wildman–Crippen MR) is 343 cm³/mol. The summed E-state index contributed by atoms with van der Waals surface area (Å²) in [6, 6.07) is -0.624. The molecule has 0 aliphatic rings. The van der Waals surface area contributed by atoms with Gasteiger partial charge in [-0.05, 0) is 64.2 Å². The fourth-order valence-corrected chi connectivity index (χ4v) is 11.0. The standard InChI is InChI=1S/C72H137NO5/c1-3-5-7-9-11-13-15-17-18-38-42-46-50-54-58-62-66-72(77)78-67-63-59-55-51-47-43-39-36-34-32-30-28-26-24-22-20-19-21-23-25-27-29-31-33-35-37-41-45-49-53-57-61-65-71(76)73-69(68-74)70(75)64-60-56-52-48-44-40-16-14-12-10-8-6-4-2/h13,15,18,38,60,64,69-70,74-75H,3-12,14,16-17,19-37,39-59,61-63,65-68H2,1-2H3,(H,73,76)/b15-13-,38-18-,64-60+. The van der Waals surface area contributed by atoms with Gasteiger partial charge in [-0.3, -0.25) is 9.59 Å². The number of esters is 1. The van der Waals surface area contributed by atoms with E-state index in [2.05, 4.69) is 43.5 Å². The van der Waals surface area contributed by atoms with Gasteiger partial charge in [0.1, 0.15) is 0 Å². The highest BCUT2D eigenvalue weighted by Crippen LogP contribution is 2.19. The molecule has 0 spiro atoms. The Balaban J connectivity index is 3.33. The van der Waals surface area contributed by atoms with Crippen molar-refractivity contribution in [1.29, 1.82) is 0 Å². The van der Waals surface area contributed by atoms with E-state index in [9.17, 15) is 19.8 Å². The van der Waals surface area contributed by atoms with Gasteiger partial charge < -0.3 is 20.3 Å². The van der Waals surface area contributed by atoms with Crippen LogP contribution in [0.4, 0.5) is 0 Å². The number of rotatable bonds is 66. The lowest BCUT2D eigenvalue weighted by molar-refractivity contribution is -0.143.